The zero-order valence-electron chi connectivity index (χ0n) is 23.8. The van der Waals surface area contributed by atoms with Crippen LogP contribution in [0.15, 0.2) is 24.3 Å². The number of hydrogen-bond donors (Lipinski definition) is 4. The molecular weight excluding hydrogens is 486 g/mol. The van der Waals surface area contributed by atoms with Crippen LogP contribution in [0.2, 0.25) is 0 Å². The lowest BCUT2D eigenvalue weighted by Crippen LogP contribution is -2.57. The molecule has 4 N–H and O–H groups in total. The highest BCUT2D eigenvalue weighted by molar-refractivity contribution is 5.93. The summed E-state index contributed by atoms with van der Waals surface area (Å²) in [6, 6.07) is 3.56. The van der Waals surface area contributed by atoms with Gasteiger partial charge in [-0.1, -0.05) is 51.3 Å². The summed E-state index contributed by atoms with van der Waals surface area (Å²) in [5, 5.41) is 26.5. The molecule has 3 amide bonds. The maximum Gasteiger partial charge on any atom is 0.408 e. The summed E-state index contributed by atoms with van der Waals surface area (Å²) in [4.78, 5) is 41.8. The Balaban J connectivity index is 2.49. The van der Waals surface area contributed by atoms with Gasteiger partial charge in [-0.2, -0.15) is 0 Å². The van der Waals surface area contributed by atoms with Crippen molar-refractivity contribution in [1.82, 2.24) is 15.5 Å². The molecule has 0 saturated heterocycles. The highest BCUT2D eigenvalue weighted by Crippen LogP contribution is 2.33. The molecule has 1 saturated carbocycles. The predicted octanol–water partition coefficient (Wildman–Crippen LogP) is 4.42. The maximum atomic E-state index is 14.0. The fourth-order valence-electron chi connectivity index (χ4n) is 4.79. The van der Waals surface area contributed by atoms with Gasteiger partial charge in [-0.15, -0.1) is 0 Å². The fraction of sp³-hybridized carbons (Fsp3) is 0.690. The van der Waals surface area contributed by atoms with E-state index in [1.54, 1.807) is 39.0 Å². The predicted molar refractivity (Wildman–Crippen MR) is 146 cm³/mol. The van der Waals surface area contributed by atoms with Crippen LogP contribution in [0.1, 0.15) is 98.1 Å². The molecular formula is C29H47N3O6. The van der Waals surface area contributed by atoms with Crippen LogP contribution >= 0.6 is 0 Å². The number of benzene rings is 1. The van der Waals surface area contributed by atoms with E-state index in [0.29, 0.717) is 17.9 Å². The molecule has 1 fully saturated rings. The first kappa shape index (κ1) is 31.4. The number of amides is 3. The second-order valence-corrected chi connectivity index (χ2v) is 11.8. The summed E-state index contributed by atoms with van der Waals surface area (Å²) in [6.45, 7) is 10.4. The zero-order valence-corrected chi connectivity index (χ0v) is 23.8. The van der Waals surface area contributed by atoms with E-state index < -0.39 is 48.2 Å². The minimum atomic E-state index is -1.33. The standard InChI is InChI=1S/C29H47N3O6/c1-19(2)16-17-20(3)32(27(36)23(18-33)31-28(37)38-29(4,5)6)25(22-14-10-11-15-24(22)34)26(35)30-21-12-8-7-9-13-21/h10-11,14-15,19-21,23,25,33-34H,7-9,12-13,16-18H2,1-6H3,(H,30,35)(H,31,37). The van der Waals surface area contributed by atoms with Crippen molar-refractivity contribution in [3.05, 3.63) is 29.8 Å². The van der Waals surface area contributed by atoms with Gasteiger partial charge in [-0.3, -0.25) is 9.59 Å². The lowest BCUT2D eigenvalue weighted by Gasteiger charge is -2.39. The summed E-state index contributed by atoms with van der Waals surface area (Å²) >= 11 is 0. The van der Waals surface area contributed by atoms with Gasteiger partial charge in [0.2, 0.25) is 11.8 Å². The number of ether oxygens (including phenoxy) is 1. The Bertz CT molecular complexity index is 923. The second-order valence-electron chi connectivity index (χ2n) is 11.8. The van der Waals surface area contributed by atoms with Gasteiger partial charge in [0.1, 0.15) is 23.4 Å². The number of aliphatic hydroxyl groups excluding tert-OH is 1. The molecule has 214 valence electrons. The summed E-state index contributed by atoms with van der Waals surface area (Å²) in [5.41, 5.74) is -0.505. The second kappa shape index (κ2) is 14.4. The van der Waals surface area contributed by atoms with E-state index >= 15 is 0 Å². The van der Waals surface area contributed by atoms with Gasteiger partial charge in [0.05, 0.1) is 6.61 Å². The molecule has 3 atom stereocenters. The fourth-order valence-corrected chi connectivity index (χ4v) is 4.79. The molecule has 1 aromatic rings. The number of phenolic OH excluding ortho intramolecular Hbond substituents is 1. The third-order valence-electron chi connectivity index (χ3n) is 6.77. The molecule has 9 heteroatoms. The summed E-state index contributed by atoms with van der Waals surface area (Å²) < 4.78 is 5.30. The molecule has 38 heavy (non-hydrogen) atoms. The largest absolute Gasteiger partial charge is 0.508 e. The third kappa shape index (κ3) is 9.49. The Morgan fingerprint density at radius 3 is 2.24 bits per heavy atom. The van der Waals surface area contributed by atoms with Crippen LogP contribution in [0.3, 0.4) is 0 Å². The number of aromatic hydroxyl groups is 1. The Hall–Kier alpha value is -2.81. The molecule has 1 aliphatic rings. The van der Waals surface area contributed by atoms with Gasteiger partial charge in [0, 0.05) is 17.6 Å². The number of phenols is 1. The highest BCUT2D eigenvalue weighted by atomic mass is 16.6. The van der Waals surface area contributed by atoms with E-state index in [-0.39, 0.29) is 11.8 Å². The van der Waals surface area contributed by atoms with Gasteiger partial charge < -0.3 is 30.5 Å². The Morgan fingerprint density at radius 1 is 1.05 bits per heavy atom. The smallest absolute Gasteiger partial charge is 0.408 e. The number of rotatable bonds is 11. The van der Waals surface area contributed by atoms with Crippen molar-refractivity contribution in [3.8, 4) is 5.75 Å². The van der Waals surface area contributed by atoms with Crippen LogP contribution in [-0.4, -0.2) is 63.4 Å². The van der Waals surface area contributed by atoms with Crippen molar-refractivity contribution >= 4 is 17.9 Å². The number of hydrogen-bond acceptors (Lipinski definition) is 6. The first-order valence-corrected chi connectivity index (χ1v) is 13.8. The Labute approximate surface area is 227 Å². The minimum Gasteiger partial charge on any atom is -0.508 e. The Morgan fingerprint density at radius 2 is 1.68 bits per heavy atom. The first-order chi connectivity index (χ1) is 17.8. The van der Waals surface area contributed by atoms with Crippen LogP contribution in [0.4, 0.5) is 4.79 Å². The van der Waals surface area contributed by atoms with Gasteiger partial charge in [-0.25, -0.2) is 4.79 Å². The average molecular weight is 534 g/mol. The molecule has 0 spiro atoms. The molecule has 0 radical (unpaired) electrons. The van der Waals surface area contributed by atoms with E-state index in [0.717, 1.165) is 38.5 Å². The maximum absolute atomic E-state index is 14.0. The van der Waals surface area contributed by atoms with E-state index in [1.807, 2.05) is 6.92 Å². The Kier molecular flexibility index (Phi) is 11.9. The van der Waals surface area contributed by atoms with Crippen LogP contribution in [-0.2, 0) is 14.3 Å². The van der Waals surface area contributed by atoms with Gasteiger partial charge in [0.15, 0.2) is 0 Å². The van der Waals surface area contributed by atoms with Gasteiger partial charge >= 0.3 is 6.09 Å². The summed E-state index contributed by atoms with van der Waals surface area (Å²) in [7, 11) is 0. The van der Waals surface area contributed by atoms with Gasteiger partial charge in [0.25, 0.3) is 0 Å². The number of carbonyl (C=O) groups is 3. The third-order valence-corrected chi connectivity index (χ3v) is 6.77. The summed E-state index contributed by atoms with van der Waals surface area (Å²) in [6.07, 6.45) is 5.43. The first-order valence-electron chi connectivity index (χ1n) is 13.8. The number of aliphatic hydroxyl groups is 1. The van der Waals surface area contributed by atoms with Crippen molar-refractivity contribution in [2.75, 3.05) is 6.61 Å². The van der Waals surface area contributed by atoms with Crippen LogP contribution < -0.4 is 10.6 Å². The molecule has 9 nitrogen and oxygen atoms in total. The quantitative estimate of drug-likeness (QED) is 0.333. The molecule has 0 heterocycles. The van der Waals surface area contributed by atoms with Crippen LogP contribution in [0.25, 0.3) is 0 Å². The minimum absolute atomic E-state index is 0.0129. The molecule has 1 aromatic carbocycles. The number of nitrogens with zero attached hydrogens (tertiary/aromatic N) is 1. The van der Waals surface area contributed by atoms with Crippen molar-refractivity contribution in [3.63, 3.8) is 0 Å². The number of carbonyl (C=O) groups excluding carboxylic acids is 3. The SMILES string of the molecule is CC(C)CCC(C)N(C(=O)C(CO)NC(=O)OC(C)(C)C)C(C(=O)NC1CCCCC1)c1ccccc1O. The van der Waals surface area contributed by atoms with Crippen molar-refractivity contribution in [2.45, 2.75) is 116 Å². The van der Waals surface area contributed by atoms with Gasteiger partial charge in [-0.05, 0) is 65.4 Å². The molecule has 2 rings (SSSR count). The van der Waals surface area contributed by atoms with Crippen molar-refractivity contribution in [1.29, 1.82) is 0 Å². The lowest BCUT2D eigenvalue weighted by molar-refractivity contribution is -0.146. The summed E-state index contributed by atoms with van der Waals surface area (Å²) in [5.74, 6) is -0.757. The highest BCUT2D eigenvalue weighted by Gasteiger charge is 2.40. The van der Waals surface area contributed by atoms with E-state index in [9.17, 15) is 24.6 Å². The topological polar surface area (TPSA) is 128 Å². The van der Waals surface area contributed by atoms with Crippen LogP contribution in [0.5, 0.6) is 5.75 Å². The molecule has 3 unspecified atom stereocenters. The lowest BCUT2D eigenvalue weighted by atomic mass is 9.93. The molecule has 1 aliphatic carbocycles. The molecule has 0 aliphatic heterocycles. The van der Waals surface area contributed by atoms with E-state index in [2.05, 4.69) is 24.5 Å². The van der Waals surface area contributed by atoms with E-state index in [4.69, 9.17) is 4.74 Å². The number of alkyl carbamates (subject to hydrolysis) is 1. The number of para-hydroxylation sites is 1. The normalized spacial score (nSPS) is 16.8. The molecule has 0 aromatic heterocycles. The average Bonchev–Trinajstić information content (AvgIpc) is 2.84. The zero-order chi connectivity index (χ0) is 28.5. The number of nitrogens with one attached hydrogen (secondary N) is 2. The monoisotopic (exact) mass is 533 g/mol. The molecule has 0 bridgehead atoms. The van der Waals surface area contributed by atoms with Crippen molar-refractivity contribution < 1.29 is 29.3 Å². The van der Waals surface area contributed by atoms with E-state index in [1.165, 1.54) is 11.0 Å². The van der Waals surface area contributed by atoms with Crippen molar-refractivity contribution in [2.24, 2.45) is 5.92 Å². The van der Waals surface area contributed by atoms with Crippen LogP contribution in [0, 0.1) is 5.92 Å².